The Morgan fingerprint density at radius 1 is 0.889 bits per heavy atom. The molecule has 0 bridgehead atoms. The number of amides is 2. The second kappa shape index (κ2) is 11.4. The largest absolute Gasteiger partial charge is 0.357 e. The molecule has 190 valence electrons. The molecule has 0 saturated carbocycles. The summed E-state index contributed by atoms with van der Waals surface area (Å²) in [7, 11) is -2.55. The summed E-state index contributed by atoms with van der Waals surface area (Å²) in [5, 5.41) is 2.59. The van der Waals surface area contributed by atoms with Gasteiger partial charge in [0.25, 0.3) is 10.0 Å². The minimum absolute atomic E-state index is 0.0839. The minimum Gasteiger partial charge on any atom is -0.357 e. The summed E-state index contributed by atoms with van der Waals surface area (Å²) in [5.74, 6) is -0.815. The molecule has 36 heavy (non-hydrogen) atoms. The van der Waals surface area contributed by atoms with E-state index in [1.807, 2.05) is 51.1 Å². The van der Waals surface area contributed by atoms with E-state index >= 15 is 0 Å². The van der Waals surface area contributed by atoms with E-state index in [1.165, 1.54) is 24.1 Å². The van der Waals surface area contributed by atoms with Gasteiger partial charge in [-0.3, -0.25) is 13.9 Å². The number of carbonyl (C=O) groups is 2. The second-order valence-electron chi connectivity index (χ2n) is 8.89. The fourth-order valence-corrected chi connectivity index (χ4v) is 5.35. The van der Waals surface area contributed by atoms with Crippen LogP contribution in [0, 0.1) is 20.8 Å². The Morgan fingerprint density at radius 2 is 1.58 bits per heavy atom. The number of hydrogen-bond acceptors (Lipinski definition) is 4. The lowest BCUT2D eigenvalue weighted by Crippen LogP contribution is -2.50. The maximum Gasteiger partial charge on any atom is 0.264 e. The molecule has 8 heteroatoms. The van der Waals surface area contributed by atoms with Gasteiger partial charge in [-0.15, -0.1) is 0 Å². The molecule has 0 unspecified atom stereocenters. The van der Waals surface area contributed by atoms with Gasteiger partial charge >= 0.3 is 0 Å². The molecule has 0 aliphatic carbocycles. The van der Waals surface area contributed by atoms with Gasteiger partial charge < -0.3 is 10.2 Å². The molecule has 0 spiro atoms. The zero-order valence-electron chi connectivity index (χ0n) is 21.4. The Kier molecular flexibility index (Phi) is 8.53. The number of carbonyl (C=O) groups excluding carboxylic acids is 2. The monoisotopic (exact) mass is 507 g/mol. The summed E-state index contributed by atoms with van der Waals surface area (Å²) < 4.78 is 28.6. The average Bonchev–Trinajstić information content (AvgIpc) is 2.87. The Labute approximate surface area is 213 Å². The van der Waals surface area contributed by atoms with Crippen LogP contribution in [0.15, 0.2) is 77.7 Å². The van der Waals surface area contributed by atoms with Crippen molar-refractivity contribution in [2.75, 3.05) is 17.9 Å². The lowest BCUT2D eigenvalue weighted by molar-refractivity contribution is -0.139. The van der Waals surface area contributed by atoms with Crippen LogP contribution in [0.2, 0.25) is 0 Å². The number of sulfonamides is 1. The number of hydrogen-bond donors (Lipinski definition) is 1. The molecule has 0 fully saturated rings. The van der Waals surface area contributed by atoms with Crippen molar-refractivity contribution in [2.45, 2.75) is 45.2 Å². The van der Waals surface area contributed by atoms with Gasteiger partial charge in [0.1, 0.15) is 12.6 Å². The molecular formula is C28H33N3O4S. The third kappa shape index (κ3) is 6.12. The summed E-state index contributed by atoms with van der Waals surface area (Å²) in [4.78, 5) is 27.8. The van der Waals surface area contributed by atoms with Crippen LogP contribution in [0.3, 0.4) is 0 Å². The van der Waals surface area contributed by atoms with Crippen LogP contribution >= 0.6 is 0 Å². The molecule has 3 aromatic carbocycles. The van der Waals surface area contributed by atoms with E-state index < -0.39 is 28.5 Å². The Bertz CT molecular complexity index is 1340. The third-order valence-corrected chi connectivity index (χ3v) is 8.03. The Hall–Kier alpha value is -3.65. The quantitative estimate of drug-likeness (QED) is 0.475. The van der Waals surface area contributed by atoms with Gasteiger partial charge in [0, 0.05) is 13.6 Å². The predicted molar refractivity (Wildman–Crippen MR) is 142 cm³/mol. The van der Waals surface area contributed by atoms with Crippen LogP contribution in [0.5, 0.6) is 0 Å². The van der Waals surface area contributed by atoms with Crippen molar-refractivity contribution in [1.82, 2.24) is 10.2 Å². The highest BCUT2D eigenvalue weighted by atomic mass is 32.2. The summed E-state index contributed by atoms with van der Waals surface area (Å²) in [6.45, 7) is 7.14. The zero-order chi connectivity index (χ0) is 26.5. The van der Waals surface area contributed by atoms with Crippen molar-refractivity contribution in [3.63, 3.8) is 0 Å². The van der Waals surface area contributed by atoms with E-state index in [0.717, 1.165) is 26.6 Å². The first-order chi connectivity index (χ1) is 17.0. The molecule has 0 saturated heterocycles. The fourth-order valence-electron chi connectivity index (χ4n) is 3.93. The van der Waals surface area contributed by atoms with Gasteiger partial charge in [-0.2, -0.15) is 0 Å². The molecule has 2 amide bonds. The number of nitrogens with zero attached hydrogens (tertiary/aromatic N) is 2. The number of nitrogens with one attached hydrogen (secondary N) is 1. The minimum atomic E-state index is -4.06. The van der Waals surface area contributed by atoms with E-state index in [9.17, 15) is 18.0 Å². The van der Waals surface area contributed by atoms with Gasteiger partial charge in [-0.25, -0.2) is 8.42 Å². The van der Waals surface area contributed by atoms with Gasteiger partial charge in [0.05, 0.1) is 10.6 Å². The molecule has 7 nitrogen and oxygen atoms in total. The molecule has 3 aromatic rings. The molecule has 1 N–H and O–H groups in total. The van der Waals surface area contributed by atoms with E-state index in [0.29, 0.717) is 5.69 Å². The Balaban J connectivity index is 2.05. The van der Waals surface area contributed by atoms with Crippen molar-refractivity contribution in [2.24, 2.45) is 0 Å². The summed E-state index contributed by atoms with van der Waals surface area (Å²) in [6.07, 6.45) is 0. The fraction of sp³-hybridized carbons (Fsp3) is 0.286. The number of aryl methyl sites for hydroxylation is 3. The van der Waals surface area contributed by atoms with Gasteiger partial charge in [-0.1, -0.05) is 54.1 Å². The molecular weight excluding hydrogens is 474 g/mol. The van der Waals surface area contributed by atoms with Gasteiger partial charge in [0.15, 0.2) is 0 Å². The van der Waals surface area contributed by atoms with Crippen LogP contribution in [0.4, 0.5) is 5.69 Å². The third-order valence-electron chi connectivity index (χ3n) is 6.24. The van der Waals surface area contributed by atoms with E-state index in [2.05, 4.69) is 5.32 Å². The maximum atomic E-state index is 13.7. The zero-order valence-corrected chi connectivity index (χ0v) is 22.2. The van der Waals surface area contributed by atoms with Crippen molar-refractivity contribution >= 4 is 27.5 Å². The van der Waals surface area contributed by atoms with Crippen molar-refractivity contribution < 1.29 is 18.0 Å². The molecule has 0 radical (unpaired) electrons. The van der Waals surface area contributed by atoms with Crippen molar-refractivity contribution in [1.29, 1.82) is 0 Å². The first-order valence-corrected chi connectivity index (χ1v) is 13.2. The summed E-state index contributed by atoms with van der Waals surface area (Å²) in [6, 6.07) is 20.2. The van der Waals surface area contributed by atoms with Crippen molar-refractivity contribution in [3.05, 3.63) is 95.1 Å². The average molecular weight is 508 g/mol. The molecule has 0 aliphatic rings. The summed E-state index contributed by atoms with van der Waals surface area (Å²) >= 11 is 0. The smallest absolute Gasteiger partial charge is 0.264 e. The highest BCUT2D eigenvalue weighted by molar-refractivity contribution is 7.92. The number of likely N-dealkylation sites (N-methyl/N-ethyl adjacent to an activating group) is 1. The van der Waals surface area contributed by atoms with Gasteiger partial charge in [0.2, 0.25) is 11.8 Å². The van der Waals surface area contributed by atoms with E-state index in [-0.39, 0.29) is 17.3 Å². The maximum absolute atomic E-state index is 13.7. The summed E-state index contributed by atoms with van der Waals surface area (Å²) in [5.41, 5.74) is 4.18. The molecule has 0 heterocycles. The first kappa shape index (κ1) is 26.9. The van der Waals surface area contributed by atoms with Gasteiger partial charge in [-0.05, 0) is 68.7 Å². The standard InChI is InChI=1S/C28H33N3O4S/c1-20-10-9-11-24(16-20)18-30(23(4)28(33)29-5)27(32)19-31(25-15-14-21(2)22(3)17-25)36(34,35)26-12-7-6-8-13-26/h6-17,23H,18-19H2,1-5H3,(H,29,33)/t23-/m0/s1. The molecule has 3 rings (SSSR count). The highest BCUT2D eigenvalue weighted by Gasteiger charge is 2.32. The molecule has 0 aliphatic heterocycles. The van der Waals surface area contributed by atoms with Crippen LogP contribution in [-0.4, -0.2) is 44.8 Å². The van der Waals surface area contributed by atoms with Crippen LogP contribution in [-0.2, 0) is 26.2 Å². The second-order valence-corrected chi connectivity index (χ2v) is 10.8. The number of anilines is 1. The van der Waals surface area contributed by atoms with Crippen LogP contribution in [0.25, 0.3) is 0 Å². The first-order valence-electron chi connectivity index (χ1n) is 11.8. The SMILES string of the molecule is CNC(=O)[C@H](C)N(Cc1cccc(C)c1)C(=O)CN(c1ccc(C)c(C)c1)S(=O)(=O)c1ccccc1. The topological polar surface area (TPSA) is 86.8 Å². The highest BCUT2D eigenvalue weighted by Crippen LogP contribution is 2.26. The van der Waals surface area contributed by atoms with Crippen molar-refractivity contribution in [3.8, 4) is 0 Å². The molecule has 0 aromatic heterocycles. The van der Waals surface area contributed by atoms with E-state index in [4.69, 9.17) is 0 Å². The normalized spacial score (nSPS) is 12.0. The number of rotatable bonds is 9. The predicted octanol–water partition coefficient (Wildman–Crippen LogP) is 3.97. The van der Waals surface area contributed by atoms with Crippen LogP contribution in [0.1, 0.15) is 29.2 Å². The Morgan fingerprint density at radius 3 is 2.19 bits per heavy atom. The molecule has 1 atom stereocenters. The van der Waals surface area contributed by atoms with Crippen LogP contribution < -0.4 is 9.62 Å². The number of benzene rings is 3. The van der Waals surface area contributed by atoms with E-state index in [1.54, 1.807) is 37.3 Å². The lowest BCUT2D eigenvalue weighted by atomic mass is 10.1. The lowest BCUT2D eigenvalue weighted by Gasteiger charge is -2.32.